The number of carboxylic acids is 1. The lowest BCUT2D eigenvalue weighted by Gasteiger charge is -2.47. The Bertz CT molecular complexity index is 462. The van der Waals surface area contributed by atoms with Crippen LogP contribution < -0.4 is 11.3 Å². The molecule has 212 valence electrons. The average molecular weight is 498 g/mol. The number of aliphatic carboxylic acids is 1. The van der Waals surface area contributed by atoms with E-state index in [0.29, 0.717) is 5.92 Å². The van der Waals surface area contributed by atoms with Crippen LogP contribution in [0, 0.1) is 23.2 Å². The summed E-state index contributed by atoms with van der Waals surface area (Å²) in [5.41, 5.74) is -0.671. The molecule has 0 rings (SSSR count). The highest BCUT2D eigenvalue weighted by Crippen LogP contribution is 2.46. The fourth-order valence-electron chi connectivity index (χ4n) is 6.16. The van der Waals surface area contributed by atoms with Gasteiger partial charge in [0.15, 0.2) is 0 Å². The van der Waals surface area contributed by atoms with Crippen molar-refractivity contribution in [3.63, 3.8) is 0 Å². The van der Waals surface area contributed by atoms with Gasteiger partial charge in [0.2, 0.25) is 0 Å². The Morgan fingerprint density at radius 3 is 1.26 bits per heavy atom. The summed E-state index contributed by atoms with van der Waals surface area (Å²) >= 11 is 0. The molecule has 0 radical (unpaired) electrons. The first-order chi connectivity index (χ1) is 16.3. The fraction of sp³-hybridized carbons (Fsp3) is 0.969. The predicted octanol–water partition coefficient (Wildman–Crippen LogP) is 10.3. The van der Waals surface area contributed by atoms with Crippen LogP contribution in [0.3, 0.4) is 0 Å². The van der Waals surface area contributed by atoms with Crippen LogP contribution in [0.4, 0.5) is 0 Å². The van der Waals surface area contributed by atoms with Crippen molar-refractivity contribution in [3.8, 4) is 0 Å². The van der Waals surface area contributed by atoms with Gasteiger partial charge in [0.1, 0.15) is 0 Å². The van der Waals surface area contributed by atoms with Crippen molar-refractivity contribution in [1.82, 2.24) is 6.15 Å². The smallest absolute Gasteiger partial charge is 0.0481 e. The van der Waals surface area contributed by atoms with Crippen LogP contribution in [-0.2, 0) is 4.79 Å². The maximum absolute atomic E-state index is 12.6. The molecule has 3 heteroatoms. The minimum atomic E-state index is -0.788. The highest BCUT2D eigenvalue weighted by Gasteiger charge is 2.43. The molecule has 3 nitrogen and oxygen atoms in total. The van der Waals surface area contributed by atoms with Crippen molar-refractivity contribution < 1.29 is 9.90 Å². The molecule has 0 fully saturated rings. The van der Waals surface area contributed by atoms with Gasteiger partial charge in [-0.1, -0.05) is 164 Å². The highest BCUT2D eigenvalue weighted by molar-refractivity contribution is 5.73. The molecule has 0 amide bonds. The number of quaternary nitrogens is 1. The second kappa shape index (κ2) is 23.8. The van der Waals surface area contributed by atoms with E-state index >= 15 is 0 Å². The number of carbonyl (C=O) groups is 1. The lowest BCUT2D eigenvalue weighted by Crippen LogP contribution is -2.52. The Morgan fingerprint density at radius 1 is 0.600 bits per heavy atom. The largest absolute Gasteiger partial charge is 0.550 e. The summed E-state index contributed by atoms with van der Waals surface area (Å²) in [6.45, 7) is 13.2. The van der Waals surface area contributed by atoms with Crippen LogP contribution in [0.2, 0.25) is 0 Å². The third-order valence-corrected chi connectivity index (χ3v) is 8.44. The number of carboxylic acid groups (broad SMARTS) is 1. The highest BCUT2D eigenvalue weighted by atomic mass is 16.4. The summed E-state index contributed by atoms with van der Waals surface area (Å²) in [4.78, 5) is 12.6. The van der Waals surface area contributed by atoms with E-state index in [9.17, 15) is 9.90 Å². The number of unbranched alkanes of at least 4 members (excludes halogenated alkanes) is 17. The fourth-order valence-corrected chi connectivity index (χ4v) is 6.16. The standard InChI is InChI=1S/C32H64O2.H3N/c1-7-9-11-13-15-16-17-18-19-20-21-22-24-26-30(28(3)4)32(29(5)6,31(33)34)27-25-23-14-12-10-8-2;/h28-30H,7-27H2,1-6H3,(H,33,34);1H3. The summed E-state index contributed by atoms with van der Waals surface area (Å²) in [6.07, 6.45) is 26.7. The first-order valence-electron chi connectivity index (χ1n) is 15.6. The second-order valence-electron chi connectivity index (χ2n) is 11.9. The van der Waals surface area contributed by atoms with Gasteiger partial charge in [0, 0.05) is 11.4 Å². The SMILES string of the molecule is CCCCCCCCCCCCCCCC(C(C)C)C(CCCCCCCC)(C(=O)[O-])C(C)C.[NH4+]. The summed E-state index contributed by atoms with van der Waals surface area (Å²) in [6, 6.07) is 0. The van der Waals surface area contributed by atoms with Gasteiger partial charge < -0.3 is 16.1 Å². The molecule has 0 aromatic rings. The lowest BCUT2D eigenvalue weighted by molar-refractivity contribution is -0.327. The van der Waals surface area contributed by atoms with Crippen molar-refractivity contribution in [2.45, 2.75) is 176 Å². The number of hydrogen-bond acceptors (Lipinski definition) is 2. The van der Waals surface area contributed by atoms with Crippen molar-refractivity contribution in [1.29, 1.82) is 0 Å². The van der Waals surface area contributed by atoms with E-state index in [1.165, 1.54) is 109 Å². The molecule has 0 saturated heterocycles. The molecule has 0 heterocycles. The third kappa shape index (κ3) is 16.0. The Hall–Kier alpha value is -0.570. The first-order valence-corrected chi connectivity index (χ1v) is 15.6. The molecule has 0 aliphatic carbocycles. The summed E-state index contributed by atoms with van der Waals surface area (Å²) < 4.78 is 0. The monoisotopic (exact) mass is 498 g/mol. The van der Waals surface area contributed by atoms with Crippen molar-refractivity contribution >= 4 is 5.97 Å². The molecule has 0 aliphatic heterocycles. The van der Waals surface area contributed by atoms with Gasteiger partial charge in [0.25, 0.3) is 0 Å². The van der Waals surface area contributed by atoms with Crippen LogP contribution in [0.1, 0.15) is 176 Å². The van der Waals surface area contributed by atoms with E-state index in [1.54, 1.807) is 0 Å². The topological polar surface area (TPSA) is 76.6 Å². The molecule has 2 unspecified atom stereocenters. The van der Waals surface area contributed by atoms with Gasteiger partial charge in [0.05, 0.1) is 0 Å². The van der Waals surface area contributed by atoms with E-state index in [1.807, 2.05) is 0 Å². The zero-order chi connectivity index (χ0) is 25.7. The van der Waals surface area contributed by atoms with E-state index in [2.05, 4.69) is 41.5 Å². The van der Waals surface area contributed by atoms with Crippen molar-refractivity contribution in [2.75, 3.05) is 0 Å². The molecule has 0 aliphatic rings. The van der Waals surface area contributed by atoms with Crippen LogP contribution in [0.15, 0.2) is 0 Å². The lowest BCUT2D eigenvalue weighted by atomic mass is 9.60. The quantitative estimate of drug-likeness (QED) is 0.127. The molecule has 2 atom stereocenters. The number of carbonyl (C=O) groups excluding carboxylic acids is 1. The Kier molecular flexibility index (Phi) is 24.9. The molecule has 0 bridgehead atoms. The number of rotatable bonds is 25. The molecule has 35 heavy (non-hydrogen) atoms. The van der Waals surface area contributed by atoms with Gasteiger partial charge >= 0.3 is 0 Å². The zero-order valence-corrected chi connectivity index (χ0v) is 25.4. The predicted molar refractivity (Wildman–Crippen MR) is 155 cm³/mol. The first kappa shape index (κ1) is 36.6. The van der Waals surface area contributed by atoms with Crippen LogP contribution in [0.5, 0.6) is 0 Å². The van der Waals surface area contributed by atoms with E-state index in [-0.39, 0.29) is 18.0 Å². The molecule has 0 aromatic carbocycles. The summed E-state index contributed by atoms with van der Waals surface area (Å²) in [5.74, 6) is -0.0504. The second-order valence-corrected chi connectivity index (χ2v) is 11.9. The minimum Gasteiger partial charge on any atom is -0.550 e. The van der Waals surface area contributed by atoms with Gasteiger partial charge in [-0.25, -0.2) is 0 Å². The maximum Gasteiger partial charge on any atom is 0.0481 e. The molecule has 0 saturated carbocycles. The van der Waals surface area contributed by atoms with Crippen molar-refractivity contribution in [3.05, 3.63) is 0 Å². The Morgan fingerprint density at radius 2 is 0.943 bits per heavy atom. The third-order valence-electron chi connectivity index (χ3n) is 8.44. The zero-order valence-electron chi connectivity index (χ0n) is 25.4. The van der Waals surface area contributed by atoms with E-state index in [0.717, 1.165) is 25.7 Å². The van der Waals surface area contributed by atoms with Gasteiger partial charge in [-0.2, -0.15) is 0 Å². The van der Waals surface area contributed by atoms with Crippen molar-refractivity contribution in [2.24, 2.45) is 23.2 Å². The van der Waals surface area contributed by atoms with E-state index < -0.39 is 11.4 Å². The molecular formula is C32H67NO2. The maximum atomic E-state index is 12.6. The van der Waals surface area contributed by atoms with Gasteiger partial charge in [-0.05, 0) is 30.6 Å². The Balaban J connectivity index is 0. The molecule has 0 spiro atoms. The van der Waals surface area contributed by atoms with Gasteiger partial charge in [-0.15, -0.1) is 0 Å². The molecule has 4 N–H and O–H groups in total. The van der Waals surface area contributed by atoms with Crippen LogP contribution in [0.25, 0.3) is 0 Å². The average Bonchev–Trinajstić information content (AvgIpc) is 2.79. The van der Waals surface area contributed by atoms with Crippen LogP contribution >= 0.6 is 0 Å². The van der Waals surface area contributed by atoms with Gasteiger partial charge in [-0.3, -0.25) is 0 Å². The van der Waals surface area contributed by atoms with E-state index in [4.69, 9.17) is 0 Å². The minimum absolute atomic E-state index is 0. The van der Waals surface area contributed by atoms with Crippen LogP contribution in [-0.4, -0.2) is 5.97 Å². The summed E-state index contributed by atoms with van der Waals surface area (Å²) in [5, 5.41) is 12.6. The summed E-state index contributed by atoms with van der Waals surface area (Å²) in [7, 11) is 0. The normalized spacial score (nSPS) is 14.2. The molecular weight excluding hydrogens is 430 g/mol. The number of hydrogen-bond donors (Lipinski definition) is 1. The Labute approximate surface area is 221 Å². The molecule has 0 aromatic heterocycles.